The van der Waals surface area contributed by atoms with Crippen molar-refractivity contribution in [2.75, 3.05) is 19.0 Å². The Morgan fingerprint density at radius 2 is 2.15 bits per heavy atom. The Bertz CT molecular complexity index is 534. The molecule has 0 spiro atoms. The van der Waals surface area contributed by atoms with Gasteiger partial charge in [0.15, 0.2) is 0 Å². The van der Waals surface area contributed by atoms with Gasteiger partial charge in [0.2, 0.25) is 5.91 Å². The van der Waals surface area contributed by atoms with Crippen molar-refractivity contribution in [3.05, 3.63) is 29.3 Å². The van der Waals surface area contributed by atoms with Gasteiger partial charge in [0, 0.05) is 5.69 Å². The lowest BCUT2D eigenvalue weighted by molar-refractivity contribution is -0.121. The van der Waals surface area contributed by atoms with Crippen LogP contribution < -0.4 is 10.6 Å². The summed E-state index contributed by atoms with van der Waals surface area (Å²) in [7, 11) is 1.35. The molecule has 5 nitrogen and oxygen atoms in total. The van der Waals surface area contributed by atoms with Crippen molar-refractivity contribution in [1.29, 1.82) is 0 Å². The fourth-order valence-electron chi connectivity index (χ4n) is 2.40. The van der Waals surface area contributed by atoms with Crippen LogP contribution in [0, 0.1) is 6.92 Å². The third-order valence-corrected chi connectivity index (χ3v) is 3.77. The number of hydrogen-bond donors (Lipinski definition) is 2. The summed E-state index contributed by atoms with van der Waals surface area (Å²) in [5, 5.41) is 6.15. The number of esters is 1. The number of nitrogens with one attached hydrogen (secondary N) is 2. The molecule has 2 N–H and O–H groups in total. The number of hydrogen-bond acceptors (Lipinski definition) is 4. The van der Waals surface area contributed by atoms with Crippen LogP contribution in [0.15, 0.2) is 18.2 Å². The van der Waals surface area contributed by atoms with E-state index >= 15 is 0 Å². The molecule has 1 aromatic rings. The molecule has 0 bridgehead atoms. The largest absolute Gasteiger partial charge is 0.465 e. The van der Waals surface area contributed by atoms with E-state index in [4.69, 9.17) is 0 Å². The Morgan fingerprint density at radius 1 is 1.40 bits per heavy atom. The molecule has 1 saturated heterocycles. The summed E-state index contributed by atoms with van der Waals surface area (Å²) < 4.78 is 4.67. The average molecular weight is 276 g/mol. The van der Waals surface area contributed by atoms with Crippen LogP contribution in [0.1, 0.15) is 35.7 Å². The normalized spacial score (nSPS) is 21.6. The zero-order chi connectivity index (χ0) is 14.8. The maximum absolute atomic E-state index is 12.3. The van der Waals surface area contributed by atoms with E-state index in [0.29, 0.717) is 5.56 Å². The maximum atomic E-state index is 12.3. The number of rotatable bonds is 3. The average Bonchev–Trinajstić information content (AvgIpc) is 2.88. The summed E-state index contributed by atoms with van der Waals surface area (Å²) in [5.74, 6) is -0.417. The fourth-order valence-corrected chi connectivity index (χ4v) is 2.40. The van der Waals surface area contributed by atoms with E-state index in [2.05, 4.69) is 15.4 Å². The third kappa shape index (κ3) is 2.82. The number of methoxy groups -OCH3 is 1. The molecule has 0 radical (unpaired) electrons. The van der Waals surface area contributed by atoms with Crippen LogP contribution in [0.4, 0.5) is 5.69 Å². The molecule has 0 aliphatic carbocycles. The predicted octanol–water partition coefficient (Wildman–Crippen LogP) is 1.86. The minimum atomic E-state index is -0.506. The number of aryl methyl sites for hydroxylation is 1. The second-order valence-corrected chi connectivity index (χ2v) is 5.34. The van der Waals surface area contributed by atoms with Gasteiger partial charge in [-0.2, -0.15) is 0 Å². The first-order chi connectivity index (χ1) is 9.46. The molecule has 1 fully saturated rings. The van der Waals surface area contributed by atoms with Gasteiger partial charge in [-0.05, 0) is 57.0 Å². The summed E-state index contributed by atoms with van der Waals surface area (Å²) in [4.78, 5) is 23.7. The smallest absolute Gasteiger partial charge is 0.337 e. The van der Waals surface area contributed by atoms with E-state index in [1.54, 1.807) is 18.2 Å². The van der Waals surface area contributed by atoms with Crippen molar-refractivity contribution in [2.45, 2.75) is 32.2 Å². The van der Waals surface area contributed by atoms with Gasteiger partial charge >= 0.3 is 5.97 Å². The third-order valence-electron chi connectivity index (χ3n) is 3.77. The fraction of sp³-hybridized carbons (Fsp3) is 0.467. The quantitative estimate of drug-likeness (QED) is 0.827. The standard InChI is InChI=1S/C15H20N2O3/c1-10-9-11(13(18)20-3)5-6-12(10)17-14(19)15(2)7-4-8-16-15/h5-6,9,16H,4,7-8H2,1-3H3,(H,17,19). The highest BCUT2D eigenvalue weighted by molar-refractivity contribution is 5.99. The first-order valence-electron chi connectivity index (χ1n) is 6.72. The van der Waals surface area contributed by atoms with Gasteiger partial charge in [-0.3, -0.25) is 4.79 Å². The molecule has 1 amide bonds. The molecular weight excluding hydrogens is 256 g/mol. The van der Waals surface area contributed by atoms with E-state index in [1.807, 2.05) is 13.8 Å². The van der Waals surface area contributed by atoms with Crippen molar-refractivity contribution in [1.82, 2.24) is 5.32 Å². The molecule has 1 unspecified atom stereocenters. The van der Waals surface area contributed by atoms with Crippen LogP contribution in [-0.2, 0) is 9.53 Å². The number of benzene rings is 1. The molecule has 20 heavy (non-hydrogen) atoms. The number of ether oxygens (including phenoxy) is 1. The lowest BCUT2D eigenvalue weighted by atomic mass is 9.99. The lowest BCUT2D eigenvalue weighted by Gasteiger charge is -2.23. The van der Waals surface area contributed by atoms with Crippen LogP contribution in [0.25, 0.3) is 0 Å². The van der Waals surface area contributed by atoms with Gasteiger partial charge in [-0.15, -0.1) is 0 Å². The van der Waals surface area contributed by atoms with Crippen LogP contribution in [0.2, 0.25) is 0 Å². The Hall–Kier alpha value is -1.88. The molecule has 1 aliphatic rings. The second kappa shape index (κ2) is 5.63. The highest BCUT2D eigenvalue weighted by Crippen LogP contribution is 2.23. The van der Waals surface area contributed by atoms with Crippen LogP contribution >= 0.6 is 0 Å². The Kier molecular flexibility index (Phi) is 4.09. The van der Waals surface area contributed by atoms with Crippen LogP contribution in [0.3, 0.4) is 0 Å². The van der Waals surface area contributed by atoms with Gasteiger partial charge in [0.1, 0.15) is 0 Å². The molecule has 108 valence electrons. The molecule has 1 atom stereocenters. The molecule has 1 aliphatic heterocycles. The minimum absolute atomic E-state index is 0.0380. The minimum Gasteiger partial charge on any atom is -0.465 e. The molecule has 0 saturated carbocycles. The number of carbonyl (C=O) groups excluding carboxylic acids is 2. The molecular formula is C15H20N2O3. The molecule has 1 aromatic carbocycles. The van der Waals surface area contributed by atoms with E-state index in [0.717, 1.165) is 30.6 Å². The summed E-state index contributed by atoms with van der Waals surface area (Å²) in [5.41, 5.74) is 1.53. The van der Waals surface area contributed by atoms with Gasteiger partial charge in [0.25, 0.3) is 0 Å². The molecule has 0 aromatic heterocycles. The van der Waals surface area contributed by atoms with Crippen LogP contribution in [-0.4, -0.2) is 31.1 Å². The second-order valence-electron chi connectivity index (χ2n) is 5.34. The number of anilines is 1. The summed E-state index contributed by atoms with van der Waals surface area (Å²) in [6.45, 7) is 4.63. The van der Waals surface area contributed by atoms with E-state index in [-0.39, 0.29) is 11.9 Å². The van der Waals surface area contributed by atoms with Crippen LogP contribution in [0.5, 0.6) is 0 Å². The molecule has 2 rings (SSSR count). The first kappa shape index (κ1) is 14.5. The first-order valence-corrected chi connectivity index (χ1v) is 6.72. The lowest BCUT2D eigenvalue weighted by Crippen LogP contribution is -2.48. The summed E-state index contributed by atoms with van der Waals surface area (Å²) >= 11 is 0. The topological polar surface area (TPSA) is 67.4 Å². The van der Waals surface area contributed by atoms with Gasteiger partial charge < -0.3 is 15.4 Å². The van der Waals surface area contributed by atoms with Crippen molar-refractivity contribution >= 4 is 17.6 Å². The number of carbonyl (C=O) groups is 2. The molecule has 5 heteroatoms. The monoisotopic (exact) mass is 276 g/mol. The summed E-state index contributed by atoms with van der Waals surface area (Å²) in [6, 6.07) is 5.10. The van der Waals surface area contributed by atoms with Gasteiger partial charge in [0.05, 0.1) is 18.2 Å². The van der Waals surface area contributed by atoms with E-state index in [1.165, 1.54) is 7.11 Å². The van der Waals surface area contributed by atoms with Crippen molar-refractivity contribution < 1.29 is 14.3 Å². The Labute approximate surface area is 118 Å². The van der Waals surface area contributed by atoms with Crippen molar-refractivity contribution in [3.8, 4) is 0 Å². The predicted molar refractivity (Wildman–Crippen MR) is 76.8 cm³/mol. The highest BCUT2D eigenvalue weighted by Gasteiger charge is 2.35. The van der Waals surface area contributed by atoms with Gasteiger partial charge in [-0.25, -0.2) is 4.79 Å². The summed E-state index contributed by atoms with van der Waals surface area (Å²) in [6.07, 6.45) is 1.84. The number of amides is 1. The van der Waals surface area contributed by atoms with Gasteiger partial charge in [-0.1, -0.05) is 0 Å². The van der Waals surface area contributed by atoms with E-state index < -0.39 is 5.54 Å². The Morgan fingerprint density at radius 3 is 2.70 bits per heavy atom. The molecule has 1 heterocycles. The maximum Gasteiger partial charge on any atom is 0.337 e. The SMILES string of the molecule is COC(=O)c1ccc(NC(=O)C2(C)CCCN2)c(C)c1. The van der Waals surface area contributed by atoms with Crippen molar-refractivity contribution in [2.24, 2.45) is 0 Å². The zero-order valence-corrected chi connectivity index (χ0v) is 12.1. The van der Waals surface area contributed by atoms with Crippen molar-refractivity contribution in [3.63, 3.8) is 0 Å². The van der Waals surface area contributed by atoms with E-state index in [9.17, 15) is 9.59 Å². The zero-order valence-electron chi connectivity index (χ0n) is 12.1. The Balaban J connectivity index is 2.14. The highest BCUT2D eigenvalue weighted by atomic mass is 16.5.